The van der Waals surface area contributed by atoms with Gasteiger partial charge >= 0.3 is 0 Å². The maximum absolute atomic E-state index is 13.0. The minimum atomic E-state index is 0.0203. The smallest absolute Gasteiger partial charge is 0.223 e. The van der Waals surface area contributed by atoms with Gasteiger partial charge < -0.3 is 9.32 Å². The average molecular weight is 433 g/mol. The molecule has 0 spiro atoms. The molecular weight excluding hydrogens is 412 g/mol. The van der Waals surface area contributed by atoms with Crippen LogP contribution in [0.1, 0.15) is 23.4 Å². The lowest BCUT2D eigenvalue weighted by molar-refractivity contribution is -0.132. The molecule has 3 aromatic heterocycles. The van der Waals surface area contributed by atoms with E-state index in [-0.39, 0.29) is 5.91 Å². The predicted octanol–water partition coefficient (Wildman–Crippen LogP) is 4.95. The van der Waals surface area contributed by atoms with Gasteiger partial charge in [0.05, 0.1) is 6.20 Å². The number of rotatable bonds is 8. The summed E-state index contributed by atoms with van der Waals surface area (Å²) in [5.41, 5.74) is 2.89. The number of carbonyl (C=O) groups is 1. The Balaban J connectivity index is 1.42. The Morgan fingerprint density at radius 1 is 0.903 bits per heavy atom. The third-order valence-electron chi connectivity index (χ3n) is 4.81. The molecule has 0 unspecified atom stereocenters. The van der Waals surface area contributed by atoms with Gasteiger partial charge in [0, 0.05) is 61.3 Å². The highest BCUT2D eigenvalue weighted by molar-refractivity contribution is 6.30. The van der Waals surface area contributed by atoms with Crippen molar-refractivity contribution < 1.29 is 9.21 Å². The summed E-state index contributed by atoms with van der Waals surface area (Å²) >= 11 is 5.94. The molecule has 0 fully saturated rings. The van der Waals surface area contributed by atoms with Crippen molar-refractivity contribution in [1.29, 1.82) is 0 Å². The van der Waals surface area contributed by atoms with Crippen LogP contribution in [0.25, 0.3) is 11.3 Å². The molecule has 31 heavy (non-hydrogen) atoms. The maximum Gasteiger partial charge on any atom is 0.223 e. The van der Waals surface area contributed by atoms with Crippen LogP contribution in [0.2, 0.25) is 5.02 Å². The Morgan fingerprint density at radius 2 is 1.68 bits per heavy atom. The number of nitrogens with zero attached hydrogens (tertiary/aromatic N) is 4. The highest BCUT2D eigenvalue weighted by atomic mass is 35.5. The van der Waals surface area contributed by atoms with E-state index in [1.54, 1.807) is 43.1 Å². The van der Waals surface area contributed by atoms with Gasteiger partial charge in [-0.3, -0.25) is 14.8 Å². The topological polar surface area (TPSA) is 72.1 Å². The zero-order chi connectivity index (χ0) is 21.5. The molecule has 1 amide bonds. The van der Waals surface area contributed by atoms with E-state index in [9.17, 15) is 4.79 Å². The van der Waals surface area contributed by atoms with E-state index >= 15 is 0 Å². The second kappa shape index (κ2) is 10.00. The SMILES string of the molecule is O=C(CCc1ncc(-c2ccc(Cl)cc2)o1)N(Cc1ccncc1)Cc1cccnc1. The highest BCUT2D eigenvalue weighted by Gasteiger charge is 2.16. The minimum Gasteiger partial charge on any atom is -0.441 e. The molecule has 0 saturated carbocycles. The van der Waals surface area contributed by atoms with E-state index in [0.717, 1.165) is 16.7 Å². The second-order valence-corrected chi connectivity index (χ2v) is 7.53. The number of hydrogen-bond donors (Lipinski definition) is 0. The molecule has 3 heterocycles. The highest BCUT2D eigenvalue weighted by Crippen LogP contribution is 2.23. The molecule has 0 saturated heterocycles. The molecule has 7 heteroatoms. The lowest BCUT2D eigenvalue weighted by atomic mass is 10.2. The van der Waals surface area contributed by atoms with Crippen LogP contribution in [0, 0.1) is 0 Å². The van der Waals surface area contributed by atoms with Crippen LogP contribution in [-0.4, -0.2) is 25.8 Å². The number of benzene rings is 1. The minimum absolute atomic E-state index is 0.0203. The number of aromatic nitrogens is 3. The van der Waals surface area contributed by atoms with E-state index in [2.05, 4.69) is 15.0 Å². The lowest BCUT2D eigenvalue weighted by Crippen LogP contribution is -2.30. The largest absolute Gasteiger partial charge is 0.441 e. The molecule has 0 aliphatic rings. The number of carbonyl (C=O) groups excluding carboxylic acids is 1. The van der Waals surface area contributed by atoms with Crippen LogP contribution in [0.3, 0.4) is 0 Å². The van der Waals surface area contributed by atoms with Crippen molar-refractivity contribution in [3.8, 4) is 11.3 Å². The number of aryl methyl sites for hydroxylation is 1. The Morgan fingerprint density at radius 3 is 2.42 bits per heavy atom. The van der Waals surface area contributed by atoms with Gasteiger partial charge in [0.15, 0.2) is 11.7 Å². The number of pyridine rings is 2. The van der Waals surface area contributed by atoms with Gasteiger partial charge in [-0.2, -0.15) is 0 Å². The first-order valence-corrected chi connectivity index (χ1v) is 10.3. The molecule has 0 atom stereocenters. The second-order valence-electron chi connectivity index (χ2n) is 7.09. The fourth-order valence-electron chi connectivity index (χ4n) is 3.20. The summed E-state index contributed by atoms with van der Waals surface area (Å²) in [4.78, 5) is 27.4. The average Bonchev–Trinajstić information content (AvgIpc) is 3.28. The molecule has 156 valence electrons. The van der Waals surface area contributed by atoms with Crippen LogP contribution in [-0.2, 0) is 24.3 Å². The third-order valence-corrected chi connectivity index (χ3v) is 5.06. The van der Waals surface area contributed by atoms with Gasteiger partial charge in [-0.25, -0.2) is 4.98 Å². The molecule has 0 N–H and O–H groups in total. The Kier molecular flexibility index (Phi) is 6.69. The first-order valence-electron chi connectivity index (χ1n) is 9.93. The summed E-state index contributed by atoms with van der Waals surface area (Å²) in [7, 11) is 0. The Bertz CT molecular complexity index is 1070. The number of hydrogen-bond acceptors (Lipinski definition) is 5. The molecule has 0 aliphatic heterocycles. The summed E-state index contributed by atoms with van der Waals surface area (Å²) in [5, 5.41) is 0.664. The molecule has 6 nitrogen and oxygen atoms in total. The van der Waals surface area contributed by atoms with E-state index in [1.807, 2.05) is 41.3 Å². The molecule has 0 aliphatic carbocycles. The number of oxazole rings is 1. The van der Waals surface area contributed by atoms with Crippen LogP contribution >= 0.6 is 11.6 Å². The van der Waals surface area contributed by atoms with Crippen molar-refractivity contribution >= 4 is 17.5 Å². The van der Waals surface area contributed by atoms with E-state index in [0.29, 0.717) is 42.6 Å². The quantitative estimate of drug-likeness (QED) is 0.394. The summed E-state index contributed by atoms with van der Waals surface area (Å²) < 4.78 is 5.83. The summed E-state index contributed by atoms with van der Waals surface area (Å²) in [6.07, 6.45) is 9.35. The van der Waals surface area contributed by atoms with Gasteiger partial charge in [-0.15, -0.1) is 0 Å². The van der Waals surface area contributed by atoms with E-state index < -0.39 is 0 Å². The summed E-state index contributed by atoms with van der Waals surface area (Å²) in [6, 6.07) is 15.0. The third kappa shape index (κ3) is 5.77. The maximum atomic E-state index is 13.0. The van der Waals surface area contributed by atoms with Crippen molar-refractivity contribution in [3.63, 3.8) is 0 Å². The van der Waals surface area contributed by atoms with Crippen molar-refractivity contribution in [2.24, 2.45) is 0 Å². The van der Waals surface area contributed by atoms with E-state index in [1.165, 1.54) is 0 Å². The fourth-order valence-corrected chi connectivity index (χ4v) is 3.32. The molecular formula is C24H21ClN4O2. The molecule has 1 aromatic carbocycles. The van der Waals surface area contributed by atoms with Crippen LogP contribution < -0.4 is 0 Å². The fraction of sp³-hybridized carbons (Fsp3) is 0.167. The monoisotopic (exact) mass is 432 g/mol. The predicted molar refractivity (Wildman–Crippen MR) is 118 cm³/mol. The van der Waals surface area contributed by atoms with Gasteiger partial charge in [0.25, 0.3) is 0 Å². The first kappa shape index (κ1) is 20.8. The van der Waals surface area contributed by atoms with Crippen LogP contribution in [0.5, 0.6) is 0 Å². The van der Waals surface area contributed by atoms with Gasteiger partial charge in [0.1, 0.15) is 0 Å². The first-order chi connectivity index (χ1) is 15.2. The van der Waals surface area contributed by atoms with E-state index in [4.69, 9.17) is 16.0 Å². The van der Waals surface area contributed by atoms with Gasteiger partial charge in [0.2, 0.25) is 5.91 Å². The molecule has 4 aromatic rings. The zero-order valence-corrected chi connectivity index (χ0v) is 17.6. The van der Waals surface area contributed by atoms with Gasteiger partial charge in [-0.05, 0) is 53.6 Å². The van der Waals surface area contributed by atoms with Crippen molar-refractivity contribution in [1.82, 2.24) is 19.9 Å². The normalized spacial score (nSPS) is 10.7. The summed E-state index contributed by atoms with van der Waals surface area (Å²) in [6.45, 7) is 0.981. The Labute approximate surface area is 185 Å². The Hall–Kier alpha value is -3.51. The van der Waals surface area contributed by atoms with Crippen molar-refractivity contribution in [3.05, 3.63) is 102 Å². The molecule has 4 rings (SSSR count). The van der Waals surface area contributed by atoms with Crippen molar-refractivity contribution in [2.45, 2.75) is 25.9 Å². The van der Waals surface area contributed by atoms with Crippen LogP contribution in [0.15, 0.2) is 83.9 Å². The molecule has 0 bridgehead atoms. The van der Waals surface area contributed by atoms with Crippen molar-refractivity contribution in [2.75, 3.05) is 0 Å². The standard InChI is InChI=1S/C24H21ClN4O2/c25-21-5-3-20(4-6-21)22-15-28-23(31-22)7-8-24(30)29(16-18-9-12-26-13-10-18)17-19-2-1-11-27-14-19/h1-6,9-15H,7-8,16-17H2. The van der Waals surface area contributed by atoms with Crippen LogP contribution in [0.4, 0.5) is 0 Å². The summed E-state index contributed by atoms with van der Waals surface area (Å²) in [5.74, 6) is 1.21. The molecule has 0 radical (unpaired) electrons. The number of amides is 1. The van der Waals surface area contributed by atoms with Gasteiger partial charge in [-0.1, -0.05) is 17.7 Å². The number of halogens is 1. The zero-order valence-electron chi connectivity index (χ0n) is 16.8. The lowest BCUT2D eigenvalue weighted by Gasteiger charge is -2.23.